The van der Waals surface area contributed by atoms with Crippen molar-refractivity contribution in [3.63, 3.8) is 0 Å². The fourth-order valence-electron chi connectivity index (χ4n) is 4.89. The molecule has 0 fully saturated rings. The first-order valence-electron chi connectivity index (χ1n) is 14.8. The maximum absolute atomic E-state index is 13.7. The number of anilines is 2. The van der Waals surface area contributed by atoms with Gasteiger partial charge in [-0.2, -0.15) is 0 Å². The van der Waals surface area contributed by atoms with Gasteiger partial charge in [0.25, 0.3) is 11.8 Å². The van der Waals surface area contributed by atoms with E-state index in [9.17, 15) is 14.4 Å². The quantitative estimate of drug-likeness (QED) is 0.109. The van der Waals surface area contributed by atoms with Crippen LogP contribution >= 0.6 is 11.8 Å². The molecule has 5 aromatic rings. The Morgan fingerprint density at radius 2 is 1.51 bits per heavy atom. The molecule has 226 valence electrons. The van der Waals surface area contributed by atoms with E-state index in [1.807, 2.05) is 106 Å². The predicted octanol–water partition coefficient (Wildman–Crippen LogP) is 8.38. The van der Waals surface area contributed by atoms with Crippen molar-refractivity contribution in [1.82, 2.24) is 5.32 Å². The topological polar surface area (TPSA) is 87.3 Å². The van der Waals surface area contributed by atoms with Crippen molar-refractivity contribution in [1.29, 1.82) is 0 Å². The maximum atomic E-state index is 13.7. The van der Waals surface area contributed by atoms with Crippen LogP contribution in [0, 0.1) is 13.8 Å². The molecule has 7 heteroatoms. The molecule has 0 heterocycles. The lowest BCUT2D eigenvalue weighted by Crippen LogP contribution is -2.30. The molecule has 0 aliphatic carbocycles. The van der Waals surface area contributed by atoms with E-state index >= 15 is 0 Å². The lowest BCUT2D eigenvalue weighted by atomic mass is 10.0. The largest absolute Gasteiger partial charge is 0.325 e. The number of hydrogen-bond donors (Lipinski definition) is 3. The molecule has 45 heavy (non-hydrogen) atoms. The van der Waals surface area contributed by atoms with E-state index in [1.54, 1.807) is 36.4 Å². The van der Waals surface area contributed by atoms with Gasteiger partial charge in [-0.05, 0) is 90.2 Å². The SMILES string of the molecule is CCC(Sc1cccc(NC(=O)/C(=C\c2cccc3ccccc23)NC(=O)c2ccccc2)c1)C(=O)Nc1cc(C)ccc1C. The standard InChI is InChI=1S/C38H35N3O3S/c1-4-35(38(44)40-33-22-25(2)20-21-26(33)3)45-31-18-11-17-30(24-31)39-37(43)34(41-36(42)28-13-6-5-7-14-28)23-29-16-10-15-27-12-8-9-19-32(27)29/h5-24,35H,4H2,1-3H3,(H,39,43)(H,40,44)(H,41,42)/b34-23+. The number of thioether (sulfide) groups is 1. The molecule has 0 saturated heterocycles. The molecule has 0 radical (unpaired) electrons. The monoisotopic (exact) mass is 613 g/mol. The maximum Gasteiger partial charge on any atom is 0.272 e. The smallest absolute Gasteiger partial charge is 0.272 e. The van der Waals surface area contributed by atoms with Gasteiger partial charge >= 0.3 is 0 Å². The van der Waals surface area contributed by atoms with E-state index < -0.39 is 5.91 Å². The van der Waals surface area contributed by atoms with E-state index in [4.69, 9.17) is 0 Å². The molecule has 1 atom stereocenters. The first-order chi connectivity index (χ1) is 21.8. The highest BCUT2D eigenvalue weighted by Crippen LogP contribution is 2.29. The average Bonchev–Trinajstić information content (AvgIpc) is 3.05. The minimum atomic E-state index is -0.464. The molecule has 0 aliphatic heterocycles. The summed E-state index contributed by atoms with van der Waals surface area (Å²) in [4.78, 5) is 40.9. The summed E-state index contributed by atoms with van der Waals surface area (Å²) in [5, 5.41) is 10.5. The van der Waals surface area contributed by atoms with Gasteiger partial charge < -0.3 is 16.0 Å². The summed E-state index contributed by atoms with van der Waals surface area (Å²) in [7, 11) is 0. The summed E-state index contributed by atoms with van der Waals surface area (Å²) in [6, 6.07) is 35.9. The molecule has 3 N–H and O–H groups in total. The van der Waals surface area contributed by atoms with Crippen LogP contribution in [0.4, 0.5) is 11.4 Å². The lowest BCUT2D eigenvalue weighted by molar-refractivity contribution is -0.116. The molecule has 5 aromatic carbocycles. The van der Waals surface area contributed by atoms with Gasteiger partial charge in [-0.15, -0.1) is 11.8 Å². The van der Waals surface area contributed by atoms with Crippen molar-refractivity contribution in [2.75, 3.05) is 10.6 Å². The van der Waals surface area contributed by atoms with Gasteiger partial charge in [0.15, 0.2) is 0 Å². The Hall–Kier alpha value is -5.14. The second kappa shape index (κ2) is 14.6. The highest BCUT2D eigenvalue weighted by Gasteiger charge is 2.20. The van der Waals surface area contributed by atoms with Crippen molar-refractivity contribution >= 4 is 57.7 Å². The normalized spacial score (nSPS) is 11.9. The molecule has 0 bridgehead atoms. The Labute approximate surface area is 268 Å². The van der Waals surface area contributed by atoms with Gasteiger partial charge in [0.05, 0.1) is 5.25 Å². The number of rotatable bonds is 10. The van der Waals surface area contributed by atoms with Crippen LogP contribution in [0.3, 0.4) is 0 Å². The van der Waals surface area contributed by atoms with E-state index in [0.717, 1.165) is 38.0 Å². The molecular weight excluding hydrogens is 579 g/mol. The number of nitrogens with one attached hydrogen (secondary N) is 3. The Morgan fingerprint density at radius 1 is 0.778 bits per heavy atom. The number of fused-ring (bicyclic) bond motifs is 1. The summed E-state index contributed by atoms with van der Waals surface area (Å²) in [5.74, 6) is -0.925. The minimum absolute atomic E-state index is 0.0745. The number of benzene rings is 5. The van der Waals surface area contributed by atoms with Gasteiger partial charge in [0.2, 0.25) is 5.91 Å². The van der Waals surface area contributed by atoms with E-state index in [-0.39, 0.29) is 22.8 Å². The molecular formula is C38H35N3O3S. The van der Waals surface area contributed by atoms with Crippen molar-refractivity contribution in [2.24, 2.45) is 0 Å². The van der Waals surface area contributed by atoms with Crippen LogP contribution in [-0.2, 0) is 9.59 Å². The highest BCUT2D eigenvalue weighted by atomic mass is 32.2. The van der Waals surface area contributed by atoms with Crippen molar-refractivity contribution in [3.05, 3.63) is 143 Å². The van der Waals surface area contributed by atoms with Gasteiger partial charge in [0.1, 0.15) is 5.70 Å². The second-order valence-corrected chi connectivity index (χ2v) is 12.0. The Balaban J connectivity index is 1.37. The zero-order chi connectivity index (χ0) is 31.8. The molecule has 0 aromatic heterocycles. The van der Waals surface area contributed by atoms with Crippen LogP contribution in [0.1, 0.15) is 40.4 Å². The van der Waals surface area contributed by atoms with Crippen molar-refractivity contribution in [3.8, 4) is 0 Å². The predicted molar refractivity (Wildman–Crippen MR) is 185 cm³/mol. The van der Waals surface area contributed by atoms with Crippen LogP contribution < -0.4 is 16.0 Å². The van der Waals surface area contributed by atoms with E-state index in [2.05, 4.69) is 16.0 Å². The summed E-state index contributed by atoms with van der Waals surface area (Å²) in [6.07, 6.45) is 2.32. The van der Waals surface area contributed by atoms with Crippen LogP contribution in [0.5, 0.6) is 0 Å². The van der Waals surface area contributed by atoms with Gasteiger partial charge in [-0.3, -0.25) is 14.4 Å². The van der Waals surface area contributed by atoms with Gasteiger partial charge in [-0.25, -0.2) is 0 Å². The van der Waals surface area contributed by atoms with E-state index in [0.29, 0.717) is 17.7 Å². The number of amides is 3. The Bertz CT molecular complexity index is 1880. The van der Waals surface area contributed by atoms with Crippen LogP contribution in [-0.4, -0.2) is 23.0 Å². The van der Waals surface area contributed by atoms with Gasteiger partial charge in [0, 0.05) is 21.8 Å². The molecule has 1 unspecified atom stereocenters. The van der Waals surface area contributed by atoms with Crippen molar-refractivity contribution in [2.45, 2.75) is 37.3 Å². The molecule has 0 aliphatic rings. The van der Waals surface area contributed by atoms with Crippen LogP contribution in [0.2, 0.25) is 0 Å². The van der Waals surface area contributed by atoms with Crippen molar-refractivity contribution < 1.29 is 14.4 Å². The molecule has 0 spiro atoms. The molecule has 0 saturated carbocycles. The number of carbonyl (C=O) groups excluding carboxylic acids is 3. The number of aryl methyl sites for hydroxylation is 2. The van der Waals surface area contributed by atoms with Crippen LogP contribution in [0.15, 0.2) is 126 Å². The fraction of sp³-hybridized carbons (Fsp3) is 0.132. The number of hydrogen-bond acceptors (Lipinski definition) is 4. The first kappa shape index (κ1) is 31.3. The summed E-state index contributed by atoms with van der Waals surface area (Å²) in [5.41, 5.74) is 4.79. The molecule has 5 rings (SSSR count). The third-order valence-electron chi connectivity index (χ3n) is 7.34. The zero-order valence-corrected chi connectivity index (χ0v) is 26.3. The summed E-state index contributed by atoms with van der Waals surface area (Å²) >= 11 is 1.44. The Morgan fingerprint density at radius 3 is 2.31 bits per heavy atom. The first-order valence-corrected chi connectivity index (χ1v) is 15.7. The van der Waals surface area contributed by atoms with Crippen LogP contribution in [0.25, 0.3) is 16.8 Å². The second-order valence-electron chi connectivity index (χ2n) is 10.8. The fourth-order valence-corrected chi connectivity index (χ4v) is 5.90. The summed E-state index contributed by atoms with van der Waals surface area (Å²) in [6.45, 7) is 5.95. The number of carbonyl (C=O) groups is 3. The van der Waals surface area contributed by atoms with E-state index in [1.165, 1.54) is 11.8 Å². The zero-order valence-electron chi connectivity index (χ0n) is 25.5. The lowest BCUT2D eigenvalue weighted by Gasteiger charge is -2.17. The average molecular weight is 614 g/mol. The van der Waals surface area contributed by atoms with Gasteiger partial charge in [-0.1, -0.05) is 85.8 Å². The Kier molecular flexibility index (Phi) is 10.1. The highest BCUT2D eigenvalue weighted by molar-refractivity contribution is 8.00. The third kappa shape index (κ3) is 8.08. The molecule has 3 amide bonds. The summed E-state index contributed by atoms with van der Waals surface area (Å²) < 4.78 is 0. The molecule has 6 nitrogen and oxygen atoms in total. The third-order valence-corrected chi connectivity index (χ3v) is 8.69. The minimum Gasteiger partial charge on any atom is -0.325 e.